The normalized spacial score (nSPS) is 14.1. The Hall–Kier alpha value is -1.75. The van der Waals surface area contributed by atoms with Gasteiger partial charge in [0, 0.05) is 7.05 Å². The third-order valence-corrected chi connectivity index (χ3v) is 4.64. The topological polar surface area (TPSA) is 80.5 Å². The minimum absolute atomic E-state index is 0.249. The summed E-state index contributed by atoms with van der Waals surface area (Å²) in [6.45, 7) is 0. The zero-order valence-corrected chi connectivity index (χ0v) is 11.9. The maximum atomic E-state index is 13.5. The van der Waals surface area contributed by atoms with Gasteiger partial charge in [-0.05, 0) is 18.2 Å². The van der Waals surface area contributed by atoms with Crippen LogP contribution in [0.5, 0.6) is 0 Å². The molecule has 2 N–H and O–H groups in total. The number of hydrogen-bond donors (Lipinski definition) is 1. The lowest BCUT2D eigenvalue weighted by atomic mass is 10.2. The number of nitrogens with two attached hydrogens (primary N) is 1. The maximum Gasteiger partial charge on any atom is 0.405 e. The van der Waals surface area contributed by atoms with Gasteiger partial charge in [0.25, 0.3) is 0 Å². The van der Waals surface area contributed by atoms with Gasteiger partial charge >= 0.3 is 6.18 Å². The summed E-state index contributed by atoms with van der Waals surface area (Å²) in [7, 11) is -4.53. The first kappa shape index (κ1) is 18.3. The number of sulfonamides is 1. The second-order valence-electron chi connectivity index (χ2n) is 4.32. The van der Waals surface area contributed by atoms with Crippen LogP contribution in [-0.4, -0.2) is 37.9 Å². The molecule has 0 saturated carbocycles. The van der Waals surface area contributed by atoms with Crippen molar-refractivity contribution in [1.82, 2.24) is 4.31 Å². The molecule has 0 aliphatic heterocycles. The lowest BCUT2D eigenvalue weighted by Gasteiger charge is -2.28. The lowest BCUT2D eigenvalue weighted by molar-refractivity contribution is -0.172. The van der Waals surface area contributed by atoms with Gasteiger partial charge < -0.3 is 5.73 Å². The van der Waals surface area contributed by atoms with Gasteiger partial charge in [-0.25, -0.2) is 17.2 Å². The Morgan fingerprint density at radius 3 is 2.32 bits per heavy atom. The molecule has 0 aliphatic rings. The predicted octanol–water partition coefficient (Wildman–Crippen LogP) is 1.39. The van der Waals surface area contributed by atoms with Crippen LogP contribution in [0.2, 0.25) is 0 Å². The molecule has 0 aliphatic carbocycles. The van der Waals surface area contributed by atoms with Crippen molar-refractivity contribution in [3.05, 3.63) is 29.8 Å². The standard InChI is InChI=1S/C11H11F5N2O3S/c1-18(9(5-10(17)19)11(14,15)16)22(20,21)8-4-6(12)2-3-7(8)13/h2-4,9H,5H2,1H3,(H2,17,19). The average molecular weight is 346 g/mol. The summed E-state index contributed by atoms with van der Waals surface area (Å²) in [5, 5.41) is 0. The molecule has 1 unspecified atom stereocenters. The monoisotopic (exact) mass is 346 g/mol. The molecule has 0 spiro atoms. The minimum atomic E-state index is -5.12. The van der Waals surface area contributed by atoms with Crippen LogP contribution < -0.4 is 5.73 Å². The van der Waals surface area contributed by atoms with Crippen molar-refractivity contribution in [3.63, 3.8) is 0 Å². The fourth-order valence-corrected chi connectivity index (χ4v) is 3.05. The number of halogens is 5. The second kappa shape index (κ2) is 6.16. The van der Waals surface area contributed by atoms with E-state index in [0.29, 0.717) is 19.2 Å². The van der Waals surface area contributed by atoms with Gasteiger partial charge in [0.2, 0.25) is 15.9 Å². The summed E-state index contributed by atoms with van der Waals surface area (Å²) in [6, 6.07) is -1.47. The molecule has 0 heterocycles. The smallest absolute Gasteiger partial charge is 0.370 e. The number of carbonyl (C=O) groups excluding carboxylic acids is 1. The Morgan fingerprint density at radius 1 is 1.32 bits per heavy atom. The Morgan fingerprint density at radius 2 is 1.86 bits per heavy atom. The first-order valence-corrected chi connectivity index (χ1v) is 7.09. The minimum Gasteiger partial charge on any atom is -0.370 e. The molecule has 124 valence electrons. The van der Waals surface area contributed by atoms with Gasteiger partial charge in [0.1, 0.15) is 22.6 Å². The number of rotatable bonds is 5. The van der Waals surface area contributed by atoms with Crippen molar-refractivity contribution in [2.75, 3.05) is 7.05 Å². The molecule has 1 aromatic rings. The van der Waals surface area contributed by atoms with Gasteiger partial charge in [-0.2, -0.15) is 17.5 Å². The van der Waals surface area contributed by atoms with Gasteiger partial charge in [-0.15, -0.1) is 0 Å². The molecule has 0 bridgehead atoms. The third-order valence-electron chi connectivity index (χ3n) is 2.76. The highest BCUT2D eigenvalue weighted by Gasteiger charge is 2.47. The van der Waals surface area contributed by atoms with Gasteiger partial charge in [-0.1, -0.05) is 0 Å². The molecular weight excluding hydrogens is 335 g/mol. The fraction of sp³-hybridized carbons (Fsp3) is 0.364. The summed E-state index contributed by atoms with van der Waals surface area (Å²) in [5.41, 5.74) is 4.67. The van der Waals surface area contributed by atoms with Crippen LogP contribution in [0.4, 0.5) is 22.0 Å². The number of alkyl halides is 3. The Bertz CT molecular complexity index is 675. The van der Waals surface area contributed by atoms with Crippen molar-refractivity contribution >= 4 is 15.9 Å². The number of nitrogens with zero attached hydrogens (tertiary/aromatic N) is 1. The van der Waals surface area contributed by atoms with E-state index in [0.717, 1.165) is 0 Å². The average Bonchev–Trinajstić information content (AvgIpc) is 2.36. The van der Waals surface area contributed by atoms with Crippen LogP contribution in [0, 0.1) is 11.6 Å². The van der Waals surface area contributed by atoms with Gasteiger partial charge in [-0.3, -0.25) is 4.79 Å². The van der Waals surface area contributed by atoms with Crippen LogP contribution >= 0.6 is 0 Å². The van der Waals surface area contributed by atoms with Crippen molar-refractivity contribution < 1.29 is 35.2 Å². The highest BCUT2D eigenvalue weighted by Crippen LogP contribution is 2.31. The van der Waals surface area contributed by atoms with Crippen LogP contribution in [-0.2, 0) is 14.8 Å². The van der Waals surface area contributed by atoms with Crippen LogP contribution in [0.25, 0.3) is 0 Å². The van der Waals surface area contributed by atoms with E-state index in [4.69, 9.17) is 0 Å². The zero-order chi connectivity index (χ0) is 17.3. The lowest BCUT2D eigenvalue weighted by Crippen LogP contribution is -2.48. The molecule has 0 saturated heterocycles. The highest BCUT2D eigenvalue weighted by molar-refractivity contribution is 7.89. The first-order valence-electron chi connectivity index (χ1n) is 5.65. The molecular formula is C11H11F5N2O3S. The molecule has 1 aromatic carbocycles. The molecule has 0 fully saturated rings. The highest BCUT2D eigenvalue weighted by atomic mass is 32.2. The quantitative estimate of drug-likeness (QED) is 0.818. The second-order valence-corrected chi connectivity index (χ2v) is 6.29. The first-order chi connectivity index (χ1) is 9.87. The molecule has 11 heteroatoms. The third kappa shape index (κ3) is 3.91. The number of benzene rings is 1. The van der Waals surface area contributed by atoms with Crippen molar-refractivity contribution in [3.8, 4) is 0 Å². The van der Waals surface area contributed by atoms with Crippen LogP contribution in [0.15, 0.2) is 23.1 Å². The van der Waals surface area contributed by atoms with E-state index >= 15 is 0 Å². The largest absolute Gasteiger partial charge is 0.405 e. The van der Waals surface area contributed by atoms with Crippen molar-refractivity contribution in [2.24, 2.45) is 5.73 Å². The molecule has 0 aromatic heterocycles. The van der Waals surface area contributed by atoms with E-state index in [2.05, 4.69) is 5.73 Å². The summed E-state index contributed by atoms with van der Waals surface area (Å²) < 4.78 is 89.0. The van der Waals surface area contributed by atoms with Crippen LogP contribution in [0.3, 0.4) is 0 Å². The Balaban J connectivity index is 3.35. The molecule has 1 atom stereocenters. The molecule has 1 rings (SSSR count). The summed E-state index contributed by atoms with van der Waals surface area (Å²) in [4.78, 5) is 9.44. The van der Waals surface area contributed by atoms with E-state index in [1.54, 1.807) is 0 Å². The van der Waals surface area contributed by atoms with Gasteiger partial charge in [0.05, 0.1) is 6.42 Å². The van der Waals surface area contributed by atoms with Crippen LogP contribution in [0.1, 0.15) is 6.42 Å². The van der Waals surface area contributed by atoms with Crippen molar-refractivity contribution in [2.45, 2.75) is 23.5 Å². The van der Waals surface area contributed by atoms with E-state index in [1.165, 1.54) is 0 Å². The summed E-state index contributed by atoms with van der Waals surface area (Å²) in [6.07, 6.45) is -6.48. The number of amides is 1. The Labute approximate surface area is 122 Å². The zero-order valence-electron chi connectivity index (χ0n) is 11.1. The SMILES string of the molecule is CN(C(CC(N)=O)C(F)(F)F)S(=O)(=O)c1cc(F)ccc1F. The maximum absolute atomic E-state index is 13.5. The Kier molecular flexibility index (Phi) is 5.13. The summed E-state index contributed by atoms with van der Waals surface area (Å²) >= 11 is 0. The molecule has 5 nitrogen and oxygen atoms in total. The number of carbonyl (C=O) groups is 1. The number of primary amides is 1. The molecule has 0 radical (unpaired) electrons. The number of hydrogen-bond acceptors (Lipinski definition) is 3. The van der Waals surface area contributed by atoms with Crippen molar-refractivity contribution in [1.29, 1.82) is 0 Å². The predicted molar refractivity (Wildman–Crippen MR) is 65.0 cm³/mol. The van der Waals surface area contributed by atoms with E-state index < -0.39 is 51.1 Å². The molecule has 22 heavy (non-hydrogen) atoms. The van der Waals surface area contributed by atoms with E-state index in [-0.39, 0.29) is 10.4 Å². The van der Waals surface area contributed by atoms with Gasteiger partial charge in [0.15, 0.2) is 0 Å². The van der Waals surface area contributed by atoms with E-state index in [1.807, 2.05) is 0 Å². The fourth-order valence-electron chi connectivity index (χ4n) is 1.64. The summed E-state index contributed by atoms with van der Waals surface area (Å²) in [5.74, 6) is -3.97. The van der Waals surface area contributed by atoms with E-state index in [9.17, 15) is 35.2 Å². The molecule has 1 amide bonds.